The standard InChI is InChI=1S/C38H34F2N4O5/c39-28-20-29-33(45)22-34(49-36(29)30(40)21-28)37(47)41-31(19-24-11-12-25-6-1-2-7-26(25)18-24)38(48)43-16-14-42(15-17-43)32-9-4-3-8-27(32)23-44-13-5-10-35(44)46/h1-4,6-9,11-12,18,20-22,31H,5,10,13-17,19,23H2,(H,41,47)/t31-/m1/s1. The van der Waals surface area contributed by atoms with Crippen LogP contribution in [0.2, 0.25) is 0 Å². The zero-order valence-corrected chi connectivity index (χ0v) is 26.7. The fourth-order valence-electron chi connectivity index (χ4n) is 6.74. The molecule has 11 heteroatoms. The Morgan fingerprint density at radius 1 is 0.837 bits per heavy atom. The number of piperazine rings is 1. The van der Waals surface area contributed by atoms with Crippen LogP contribution in [0.3, 0.4) is 0 Å². The summed E-state index contributed by atoms with van der Waals surface area (Å²) in [4.78, 5) is 58.4. The van der Waals surface area contributed by atoms with Crippen LogP contribution in [0.5, 0.6) is 0 Å². The van der Waals surface area contributed by atoms with Gasteiger partial charge >= 0.3 is 0 Å². The van der Waals surface area contributed by atoms with Gasteiger partial charge < -0.3 is 24.4 Å². The van der Waals surface area contributed by atoms with Crippen LogP contribution in [0.4, 0.5) is 14.5 Å². The van der Waals surface area contributed by atoms with Crippen molar-refractivity contribution < 1.29 is 27.6 Å². The largest absolute Gasteiger partial charge is 0.448 e. The molecule has 0 saturated carbocycles. The van der Waals surface area contributed by atoms with Crippen LogP contribution in [-0.4, -0.2) is 66.3 Å². The summed E-state index contributed by atoms with van der Waals surface area (Å²) in [5, 5.41) is 4.41. The van der Waals surface area contributed by atoms with Gasteiger partial charge in [-0.1, -0.05) is 60.7 Å². The van der Waals surface area contributed by atoms with Gasteiger partial charge in [-0.2, -0.15) is 0 Å². The van der Waals surface area contributed by atoms with Crippen molar-refractivity contribution in [1.82, 2.24) is 15.1 Å². The zero-order valence-electron chi connectivity index (χ0n) is 26.7. The number of anilines is 1. The maximum atomic E-state index is 14.5. The number of carbonyl (C=O) groups is 3. The molecule has 0 bridgehead atoms. The van der Waals surface area contributed by atoms with E-state index in [1.54, 1.807) is 4.90 Å². The van der Waals surface area contributed by atoms with Crippen LogP contribution in [0, 0.1) is 11.6 Å². The molecule has 2 fully saturated rings. The molecule has 7 rings (SSSR count). The number of para-hydroxylation sites is 1. The summed E-state index contributed by atoms with van der Waals surface area (Å²) < 4.78 is 33.7. The summed E-state index contributed by atoms with van der Waals surface area (Å²) in [5.74, 6) is -3.57. The van der Waals surface area contributed by atoms with E-state index in [1.165, 1.54) is 0 Å². The molecule has 2 aliphatic rings. The molecule has 3 heterocycles. The molecule has 4 aromatic carbocycles. The first-order valence-corrected chi connectivity index (χ1v) is 16.3. The quantitative estimate of drug-likeness (QED) is 0.250. The monoisotopic (exact) mass is 664 g/mol. The molecule has 1 atom stereocenters. The maximum absolute atomic E-state index is 14.5. The lowest BCUT2D eigenvalue weighted by Crippen LogP contribution is -2.55. The van der Waals surface area contributed by atoms with E-state index >= 15 is 0 Å². The SMILES string of the molecule is O=C(N[C@H](Cc1ccc2ccccc2c1)C(=O)N1CCN(c2ccccc2CN2CCCC2=O)CC1)c1cc(=O)c2cc(F)cc(F)c2o1. The van der Waals surface area contributed by atoms with Crippen LogP contribution in [-0.2, 0) is 22.6 Å². The van der Waals surface area contributed by atoms with Gasteiger partial charge in [-0.05, 0) is 40.5 Å². The van der Waals surface area contributed by atoms with Crippen molar-refractivity contribution in [3.8, 4) is 0 Å². The Bertz CT molecular complexity index is 2140. The molecule has 250 valence electrons. The van der Waals surface area contributed by atoms with Gasteiger partial charge in [0.05, 0.1) is 5.39 Å². The molecule has 2 saturated heterocycles. The summed E-state index contributed by atoms with van der Waals surface area (Å²) in [6.07, 6.45) is 1.59. The van der Waals surface area contributed by atoms with Gasteiger partial charge in [-0.15, -0.1) is 0 Å². The number of benzene rings is 4. The van der Waals surface area contributed by atoms with E-state index in [-0.39, 0.29) is 23.6 Å². The minimum atomic E-state index is -1.11. The minimum Gasteiger partial charge on any atom is -0.448 e. The second-order valence-electron chi connectivity index (χ2n) is 12.5. The van der Waals surface area contributed by atoms with Crippen molar-refractivity contribution in [2.75, 3.05) is 37.6 Å². The normalized spacial score (nSPS) is 15.6. The number of hydrogen-bond acceptors (Lipinski definition) is 6. The zero-order chi connectivity index (χ0) is 34.1. The number of carbonyl (C=O) groups excluding carboxylic acids is 3. The van der Waals surface area contributed by atoms with Gasteiger partial charge in [-0.3, -0.25) is 19.2 Å². The summed E-state index contributed by atoms with van der Waals surface area (Å²) in [6, 6.07) is 22.9. The van der Waals surface area contributed by atoms with Crippen LogP contribution < -0.4 is 15.6 Å². The first-order chi connectivity index (χ1) is 23.7. The second-order valence-corrected chi connectivity index (χ2v) is 12.5. The lowest BCUT2D eigenvalue weighted by atomic mass is 10.0. The molecular formula is C38H34F2N4O5. The molecular weight excluding hydrogens is 630 g/mol. The highest BCUT2D eigenvalue weighted by molar-refractivity contribution is 5.97. The number of nitrogens with one attached hydrogen (secondary N) is 1. The summed E-state index contributed by atoms with van der Waals surface area (Å²) in [6.45, 7) is 3.16. The number of likely N-dealkylation sites (tertiary alicyclic amines) is 1. The number of halogens is 2. The predicted molar refractivity (Wildman–Crippen MR) is 181 cm³/mol. The van der Waals surface area contributed by atoms with Crippen molar-refractivity contribution in [1.29, 1.82) is 0 Å². The summed E-state index contributed by atoms with van der Waals surface area (Å²) in [7, 11) is 0. The van der Waals surface area contributed by atoms with Crippen LogP contribution in [0.25, 0.3) is 21.7 Å². The Morgan fingerprint density at radius 2 is 1.59 bits per heavy atom. The first-order valence-electron chi connectivity index (χ1n) is 16.3. The van der Waals surface area contributed by atoms with E-state index in [0.717, 1.165) is 52.7 Å². The molecule has 5 aromatic rings. The van der Waals surface area contributed by atoms with Gasteiger partial charge in [0.25, 0.3) is 5.91 Å². The molecule has 9 nitrogen and oxygen atoms in total. The lowest BCUT2D eigenvalue weighted by Gasteiger charge is -2.38. The van der Waals surface area contributed by atoms with Crippen LogP contribution in [0.1, 0.15) is 34.5 Å². The molecule has 2 aliphatic heterocycles. The smallest absolute Gasteiger partial charge is 0.287 e. The third-order valence-electron chi connectivity index (χ3n) is 9.29. The van der Waals surface area contributed by atoms with Crippen molar-refractivity contribution in [2.24, 2.45) is 0 Å². The van der Waals surface area contributed by atoms with Crippen molar-refractivity contribution in [3.05, 3.63) is 124 Å². The third-order valence-corrected chi connectivity index (χ3v) is 9.29. The Balaban J connectivity index is 1.12. The second kappa shape index (κ2) is 13.5. The third kappa shape index (κ3) is 6.74. The first kappa shape index (κ1) is 32.0. The highest BCUT2D eigenvalue weighted by atomic mass is 19.1. The average Bonchev–Trinajstić information content (AvgIpc) is 3.51. The van der Waals surface area contributed by atoms with Crippen molar-refractivity contribution in [3.63, 3.8) is 0 Å². The summed E-state index contributed by atoms with van der Waals surface area (Å²) in [5.41, 5.74) is 1.56. The number of nitrogens with zero attached hydrogens (tertiary/aromatic N) is 3. The maximum Gasteiger partial charge on any atom is 0.287 e. The van der Waals surface area contributed by atoms with Gasteiger partial charge in [-0.25, -0.2) is 8.78 Å². The predicted octanol–water partition coefficient (Wildman–Crippen LogP) is 5.04. The fraction of sp³-hybridized carbons (Fsp3) is 0.263. The molecule has 0 radical (unpaired) electrons. The van der Waals surface area contributed by atoms with Crippen molar-refractivity contribution in [2.45, 2.75) is 31.8 Å². The molecule has 0 unspecified atom stereocenters. The van der Waals surface area contributed by atoms with Crippen LogP contribution >= 0.6 is 0 Å². The van der Waals surface area contributed by atoms with Gasteiger partial charge in [0.15, 0.2) is 22.6 Å². The van der Waals surface area contributed by atoms with E-state index in [4.69, 9.17) is 4.42 Å². The Hall–Kier alpha value is -5.58. The number of amides is 3. The highest BCUT2D eigenvalue weighted by Crippen LogP contribution is 2.26. The van der Waals surface area contributed by atoms with E-state index in [0.29, 0.717) is 45.2 Å². The van der Waals surface area contributed by atoms with Crippen LogP contribution in [0.15, 0.2) is 94.1 Å². The van der Waals surface area contributed by atoms with E-state index in [2.05, 4.69) is 10.2 Å². The highest BCUT2D eigenvalue weighted by Gasteiger charge is 2.31. The summed E-state index contributed by atoms with van der Waals surface area (Å²) >= 11 is 0. The molecule has 3 amide bonds. The topological polar surface area (TPSA) is 103 Å². The Kier molecular flexibility index (Phi) is 8.81. The number of rotatable bonds is 8. The van der Waals surface area contributed by atoms with Gasteiger partial charge in [0, 0.05) is 69.9 Å². The average molecular weight is 665 g/mol. The molecule has 49 heavy (non-hydrogen) atoms. The fourth-order valence-corrected chi connectivity index (χ4v) is 6.74. The van der Waals surface area contributed by atoms with E-state index < -0.39 is 40.4 Å². The lowest BCUT2D eigenvalue weighted by molar-refractivity contribution is -0.133. The van der Waals surface area contributed by atoms with Gasteiger partial charge in [0.2, 0.25) is 11.8 Å². The Morgan fingerprint density at radius 3 is 2.37 bits per heavy atom. The minimum absolute atomic E-state index is 0.152. The van der Waals surface area contributed by atoms with E-state index in [1.807, 2.05) is 71.6 Å². The van der Waals surface area contributed by atoms with Gasteiger partial charge in [0.1, 0.15) is 11.9 Å². The molecule has 0 aliphatic carbocycles. The molecule has 1 N–H and O–H groups in total. The molecule has 1 aromatic heterocycles. The number of hydrogen-bond donors (Lipinski definition) is 1. The number of fused-ring (bicyclic) bond motifs is 2. The van der Waals surface area contributed by atoms with E-state index in [9.17, 15) is 28.0 Å². The van der Waals surface area contributed by atoms with Crippen molar-refractivity contribution >= 4 is 45.2 Å². The molecule has 0 spiro atoms. The Labute approximate surface area is 280 Å².